The lowest BCUT2D eigenvalue weighted by molar-refractivity contribution is -0.384. The van der Waals surface area contributed by atoms with Crippen LogP contribution in [0.25, 0.3) is 20.7 Å². The highest BCUT2D eigenvalue weighted by molar-refractivity contribution is 7.22. The zero-order valence-electron chi connectivity index (χ0n) is 31.9. The number of rotatable bonds is 7. The Hall–Kier alpha value is -6.06. The monoisotopic (exact) mass is 821 g/mol. The summed E-state index contributed by atoms with van der Waals surface area (Å²) in [7, 11) is 4.53. The lowest BCUT2D eigenvalue weighted by Crippen LogP contribution is -2.49. The number of aryl methyl sites for hydroxylation is 2. The molecular formula is C42H36ClN5O9S. The number of phenols is 1. The first-order valence-corrected chi connectivity index (χ1v) is 19.8. The van der Waals surface area contributed by atoms with Crippen LogP contribution in [0.4, 0.5) is 17.2 Å². The molecule has 2 aliphatic heterocycles. The van der Waals surface area contributed by atoms with E-state index in [2.05, 4.69) is 0 Å². The van der Waals surface area contributed by atoms with Crippen molar-refractivity contribution in [2.45, 2.75) is 32.6 Å². The Morgan fingerprint density at radius 1 is 0.983 bits per heavy atom. The smallest absolute Gasteiger partial charge is 0.271 e. The third kappa shape index (κ3) is 5.18. The number of allylic oxidation sites excluding steroid dienone is 2. The van der Waals surface area contributed by atoms with Crippen LogP contribution in [0.3, 0.4) is 0 Å². The molecule has 0 bridgehead atoms. The summed E-state index contributed by atoms with van der Waals surface area (Å²) < 4.78 is 13.8. The van der Waals surface area contributed by atoms with E-state index >= 15 is 9.59 Å². The number of hydrogen-bond donors (Lipinski definition) is 1. The number of fused-ring (bicyclic) bond motifs is 5. The summed E-state index contributed by atoms with van der Waals surface area (Å²) in [6.07, 6.45) is 2.02. The van der Waals surface area contributed by atoms with Gasteiger partial charge in [0.2, 0.25) is 23.6 Å². The number of thiophene rings is 1. The van der Waals surface area contributed by atoms with Crippen LogP contribution < -0.4 is 19.3 Å². The van der Waals surface area contributed by atoms with E-state index in [1.54, 1.807) is 26.1 Å². The minimum absolute atomic E-state index is 0.0446. The van der Waals surface area contributed by atoms with Crippen LogP contribution in [0.2, 0.25) is 5.02 Å². The van der Waals surface area contributed by atoms with Crippen molar-refractivity contribution in [3.63, 3.8) is 0 Å². The van der Waals surface area contributed by atoms with Gasteiger partial charge in [-0.15, -0.1) is 11.3 Å². The van der Waals surface area contributed by atoms with Crippen molar-refractivity contribution < 1.29 is 38.7 Å². The third-order valence-electron chi connectivity index (χ3n) is 12.6. The SMILES string of the molecule is COc1cc(O)c([C@H]2C3=CC[C@@H]4C(=O)N(c5cccc([N+](=O)[O-])c5)C(=O)[C@@H]4[C@@H]3C[C@H]3C(=O)N(c4cc(-c5sc6ccc(Cl)cc6c5C)nn4C)C(=O)[C@@]23C)c(OC)c1. The van der Waals surface area contributed by atoms with E-state index in [1.807, 2.05) is 31.2 Å². The van der Waals surface area contributed by atoms with Crippen molar-refractivity contribution in [3.05, 3.63) is 98.6 Å². The number of nitro benzene ring substituents is 1. The third-order valence-corrected chi connectivity index (χ3v) is 14.2. The summed E-state index contributed by atoms with van der Waals surface area (Å²) in [6, 6.07) is 15.7. The van der Waals surface area contributed by atoms with Gasteiger partial charge in [-0.2, -0.15) is 5.10 Å². The van der Waals surface area contributed by atoms with E-state index < -0.39 is 63.6 Å². The molecule has 2 aromatic heterocycles. The maximum Gasteiger partial charge on any atom is 0.271 e. The molecule has 3 aromatic carbocycles. The van der Waals surface area contributed by atoms with E-state index in [4.69, 9.17) is 26.2 Å². The van der Waals surface area contributed by atoms with Crippen molar-refractivity contribution in [1.29, 1.82) is 0 Å². The molecule has 1 N–H and O–H groups in total. The predicted molar refractivity (Wildman–Crippen MR) is 215 cm³/mol. The summed E-state index contributed by atoms with van der Waals surface area (Å²) in [6.45, 7) is 3.68. The molecule has 14 nitrogen and oxygen atoms in total. The number of nitro groups is 1. The number of hydrogen-bond acceptors (Lipinski definition) is 11. The van der Waals surface area contributed by atoms with Crippen LogP contribution in [0, 0.1) is 46.1 Å². The van der Waals surface area contributed by atoms with Crippen molar-refractivity contribution in [2.75, 3.05) is 24.0 Å². The molecule has 4 heterocycles. The lowest BCUT2D eigenvalue weighted by Gasteiger charge is -2.49. The number of nitrogens with zero attached hydrogens (tertiary/aromatic N) is 5. The van der Waals surface area contributed by atoms with Crippen LogP contribution in [-0.4, -0.2) is 57.7 Å². The predicted octanol–water partition coefficient (Wildman–Crippen LogP) is 7.33. The highest BCUT2D eigenvalue weighted by Crippen LogP contribution is 2.66. The second kappa shape index (κ2) is 13.2. The Bertz CT molecular complexity index is 2710. The second-order valence-electron chi connectivity index (χ2n) is 15.4. The van der Waals surface area contributed by atoms with Gasteiger partial charge < -0.3 is 14.6 Å². The van der Waals surface area contributed by atoms with Crippen LogP contribution in [-0.2, 0) is 26.2 Å². The number of carbonyl (C=O) groups is 4. The van der Waals surface area contributed by atoms with Gasteiger partial charge in [-0.25, -0.2) is 9.80 Å². The van der Waals surface area contributed by atoms with Crippen LogP contribution >= 0.6 is 22.9 Å². The molecule has 58 heavy (non-hydrogen) atoms. The summed E-state index contributed by atoms with van der Waals surface area (Å²) in [4.78, 5) is 72.9. The number of amides is 4. The lowest BCUT2D eigenvalue weighted by atomic mass is 9.51. The number of ether oxygens (including phenoxy) is 2. The number of carbonyl (C=O) groups excluding carboxylic acids is 4. The van der Waals surface area contributed by atoms with E-state index in [0.717, 1.165) is 30.3 Å². The van der Waals surface area contributed by atoms with E-state index in [0.29, 0.717) is 22.0 Å². The van der Waals surface area contributed by atoms with Crippen molar-refractivity contribution in [2.24, 2.45) is 36.1 Å². The zero-order valence-corrected chi connectivity index (χ0v) is 33.5. The van der Waals surface area contributed by atoms with Crippen molar-refractivity contribution in [1.82, 2.24) is 9.78 Å². The fraction of sp³-hybridized carbons (Fsp3) is 0.310. The highest BCUT2D eigenvalue weighted by atomic mass is 35.5. The molecule has 296 valence electrons. The Balaban J connectivity index is 1.18. The van der Waals surface area contributed by atoms with E-state index in [1.165, 1.54) is 60.6 Å². The largest absolute Gasteiger partial charge is 0.507 e. The van der Waals surface area contributed by atoms with Gasteiger partial charge in [-0.05, 0) is 67.8 Å². The van der Waals surface area contributed by atoms with Gasteiger partial charge in [-0.3, -0.25) is 34.0 Å². The van der Waals surface area contributed by atoms with E-state index in [-0.39, 0.29) is 47.1 Å². The van der Waals surface area contributed by atoms with Crippen molar-refractivity contribution >= 4 is 73.8 Å². The molecule has 2 saturated heterocycles. The molecule has 0 radical (unpaired) electrons. The topological polar surface area (TPSA) is 174 Å². The number of halogens is 1. The maximum absolute atomic E-state index is 15.3. The molecule has 6 atom stereocenters. The summed E-state index contributed by atoms with van der Waals surface area (Å²) >= 11 is 7.84. The first-order chi connectivity index (χ1) is 27.7. The van der Waals surface area contributed by atoms with Crippen LogP contribution in [0.1, 0.15) is 36.8 Å². The Morgan fingerprint density at radius 2 is 1.76 bits per heavy atom. The number of phenolic OH excluding ortho intramolecular Hbond substituents is 1. The molecule has 4 aliphatic rings. The number of methoxy groups -OCH3 is 2. The molecule has 16 heteroatoms. The van der Waals surface area contributed by atoms with Crippen molar-refractivity contribution in [3.8, 4) is 27.8 Å². The number of non-ortho nitro benzene ring substituents is 1. The number of aromatic nitrogens is 2. The van der Waals surface area contributed by atoms with Gasteiger partial charge >= 0.3 is 0 Å². The molecule has 5 aromatic rings. The minimum Gasteiger partial charge on any atom is -0.507 e. The summed E-state index contributed by atoms with van der Waals surface area (Å²) in [5, 5.41) is 29.7. The quantitative estimate of drug-likeness (QED) is 0.0758. The maximum atomic E-state index is 15.3. The molecule has 2 aliphatic carbocycles. The first kappa shape index (κ1) is 37.5. The standard InChI is InChI=1S/C42H36ClN5O9S/c1-19-26-13-20(43)9-12-32(26)58-37(19)29-18-33(45(3)44-29)47-39(51)28-17-27-24(36(42(28,2)41(47)53)35-30(49)15-23(56-4)16-31(35)57-5)10-11-25-34(27)40(52)46(38(25)50)21-7-6-8-22(14-21)48(54)55/h6-10,12-16,18,25,27-28,34,36,49H,11,17H2,1-5H3/t25-,27+,28-,34-,36+,42+/m0/s1. The Morgan fingerprint density at radius 3 is 2.48 bits per heavy atom. The van der Waals surface area contributed by atoms with Gasteiger partial charge in [-0.1, -0.05) is 29.3 Å². The van der Waals surface area contributed by atoms with Crippen LogP contribution in [0.5, 0.6) is 17.2 Å². The number of imide groups is 2. The van der Waals surface area contributed by atoms with Gasteiger partial charge in [0, 0.05) is 58.6 Å². The number of benzene rings is 3. The van der Waals surface area contributed by atoms with Gasteiger partial charge in [0.05, 0.1) is 52.9 Å². The molecular weight excluding hydrogens is 786 g/mol. The Kier molecular flexibility index (Phi) is 8.57. The number of anilines is 2. The van der Waals surface area contributed by atoms with E-state index in [9.17, 15) is 24.8 Å². The van der Waals surface area contributed by atoms with Gasteiger partial charge in [0.15, 0.2) is 0 Å². The molecule has 3 fully saturated rings. The zero-order chi connectivity index (χ0) is 41.1. The molecule has 0 unspecified atom stereocenters. The molecule has 9 rings (SSSR count). The highest BCUT2D eigenvalue weighted by Gasteiger charge is 2.68. The molecule has 1 saturated carbocycles. The molecule has 4 amide bonds. The summed E-state index contributed by atoms with van der Waals surface area (Å²) in [5.41, 5.74) is 0.673. The fourth-order valence-electron chi connectivity index (χ4n) is 9.92. The van der Waals surface area contributed by atoms with Gasteiger partial charge in [0.1, 0.15) is 28.8 Å². The fourth-order valence-corrected chi connectivity index (χ4v) is 11.2. The normalized spacial score (nSPS) is 25.2. The first-order valence-electron chi connectivity index (χ1n) is 18.6. The molecule has 0 spiro atoms. The number of aromatic hydroxyl groups is 1. The van der Waals surface area contributed by atoms with Crippen LogP contribution in [0.15, 0.2) is 72.3 Å². The average molecular weight is 822 g/mol. The second-order valence-corrected chi connectivity index (χ2v) is 16.9. The Labute approximate surface area is 340 Å². The summed E-state index contributed by atoms with van der Waals surface area (Å²) in [5.74, 6) is -6.06. The van der Waals surface area contributed by atoms with Gasteiger partial charge in [0.25, 0.3) is 5.69 Å². The minimum atomic E-state index is -1.51. The average Bonchev–Trinajstić information content (AvgIpc) is 3.87.